The highest BCUT2D eigenvalue weighted by Gasteiger charge is 2.26. The van der Waals surface area contributed by atoms with E-state index in [4.69, 9.17) is 16.3 Å². The van der Waals surface area contributed by atoms with Crippen LogP contribution in [-0.2, 0) is 0 Å². The minimum Gasteiger partial charge on any atom is -0.481 e. The molecule has 1 aliphatic heterocycles. The molecule has 0 spiro atoms. The Hall–Kier alpha value is -1.93. The smallest absolute Gasteiger partial charge is 0.267 e. The van der Waals surface area contributed by atoms with Crippen molar-refractivity contribution in [2.75, 3.05) is 38.2 Å². The van der Waals surface area contributed by atoms with Crippen molar-refractivity contribution < 1.29 is 9.53 Å². The van der Waals surface area contributed by atoms with E-state index in [0.29, 0.717) is 42.9 Å². The number of thiazole rings is 1. The number of hydrogen-bond acceptors (Lipinski definition) is 7. The van der Waals surface area contributed by atoms with E-state index in [2.05, 4.69) is 15.0 Å². The average Bonchev–Trinajstić information content (AvgIpc) is 3.00. The zero-order valence-corrected chi connectivity index (χ0v) is 13.5. The molecule has 7 nitrogen and oxygen atoms in total. The molecule has 0 unspecified atom stereocenters. The Balaban J connectivity index is 1.65. The van der Waals surface area contributed by atoms with E-state index in [-0.39, 0.29) is 11.1 Å². The largest absolute Gasteiger partial charge is 0.481 e. The molecule has 2 aromatic heterocycles. The van der Waals surface area contributed by atoms with Crippen molar-refractivity contribution in [1.29, 1.82) is 0 Å². The van der Waals surface area contributed by atoms with Crippen molar-refractivity contribution in [3.8, 4) is 5.88 Å². The number of rotatable bonds is 3. The molecule has 116 valence electrons. The topological polar surface area (TPSA) is 71.5 Å². The second kappa shape index (κ2) is 6.45. The fourth-order valence-corrected chi connectivity index (χ4v) is 3.19. The van der Waals surface area contributed by atoms with Crippen LogP contribution in [0, 0.1) is 0 Å². The van der Waals surface area contributed by atoms with Crippen LogP contribution in [0.25, 0.3) is 0 Å². The Kier molecular flexibility index (Phi) is 4.39. The van der Waals surface area contributed by atoms with Gasteiger partial charge in [0.15, 0.2) is 5.15 Å². The fourth-order valence-electron chi connectivity index (χ4n) is 2.22. The Labute approximate surface area is 136 Å². The van der Waals surface area contributed by atoms with E-state index in [1.54, 1.807) is 29.8 Å². The highest BCUT2D eigenvalue weighted by molar-refractivity contribution is 7.12. The molecular weight excluding hydrogens is 326 g/mol. The zero-order valence-electron chi connectivity index (χ0n) is 11.9. The molecule has 0 atom stereocenters. The number of methoxy groups -OCH3 is 1. The standard InChI is InChI=1S/C13H14ClN5O2S/c1-21-9-2-3-15-13(17-9)19-6-4-18(5-7-19)12(20)10-11(14)16-8-22-10/h2-3,8H,4-7H2,1H3. The van der Waals surface area contributed by atoms with E-state index in [0.717, 1.165) is 0 Å². The first-order valence-electron chi connectivity index (χ1n) is 6.69. The van der Waals surface area contributed by atoms with Gasteiger partial charge in [0.1, 0.15) is 4.88 Å². The molecule has 0 saturated carbocycles. The summed E-state index contributed by atoms with van der Waals surface area (Å²) in [6, 6.07) is 1.70. The summed E-state index contributed by atoms with van der Waals surface area (Å²) in [6.07, 6.45) is 1.66. The molecule has 22 heavy (non-hydrogen) atoms. The average molecular weight is 340 g/mol. The summed E-state index contributed by atoms with van der Waals surface area (Å²) in [5.74, 6) is 1.07. The lowest BCUT2D eigenvalue weighted by atomic mass is 10.3. The van der Waals surface area contributed by atoms with Crippen molar-refractivity contribution in [3.63, 3.8) is 0 Å². The van der Waals surface area contributed by atoms with Gasteiger partial charge in [-0.1, -0.05) is 11.6 Å². The third-order valence-electron chi connectivity index (χ3n) is 3.39. The van der Waals surface area contributed by atoms with Gasteiger partial charge in [-0.05, 0) is 0 Å². The summed E-state index contributed by atoms with van der Waals surface area (Å²) >= 11 is 7.18. The molecule has 1 fully saturated rings. The number of piperazine rings is 1. The molecule has 0 radical (unpaired) electrons. The van der Waals surface area contributed by atoms with Gasteiger partial charge in [0.2, 0.25) is 11.8 Å². The number of amides is 1. The monoisotopic (exact) mass is 339 g/mol. The van der Waals surface area contributed by atoms with Gasteiger partial charge in [-0.25, -0.2) is 9.97 Å². The fraction of sp³-hybridized carbons (Fsp3) is 0.385. The summed E-state index contributed by atoms with van der Waals surface area (Å²) < 4.78 is 5.10. The van der Waals surface area contributed by atoms with Gasteiger partial charge in [-0.3, -0.25) is 4.79 Å². The third kappa shape index (κ3) is 2.97. The molecular formula is C13H14ClN5O2S. The van der Waals surface area contributed by atoms with Crippen molar-refractivity contribution in [3.05, 3.63) is 27.8 Å². The van der Waals surface area contributed by atoms with Crippen LogP contribution in [0.2, 0.25) is 5.15 Å². The summed E-state index contributed by atoms with van der Waals surface area (Å²) in [4.78, 5) is 29.1. The SMILES string of the molecule is COc1ccnc(N2CCN(C(=O)c3scnc3Cl)CC2)n1. The predicted molar refractivity (Wildman–Crippen MR) is 83.8 cm³/mol. The number of nitrogens with zero attached hydrogens (tertiary/aromatic N) is 5. The quantitative estimate of drug-likeness (QED) is 0.845. The molecule has 0 aromatic carbocycles. The van der Waals surface area contributed by atoms with E-state index < -0.39 is 0 Å². The Morgan fingerprint density at radius 3 is 2.73 bits per heavy atom. The van der Waals surface area contributed by atoms with Crippen LogP contribution in [0.15, 0.2) is 17.8 Å². The molecule has 3 rings (SSSR count). The molecule has 2 aromatic rings. The number of ether oxygens (including phenoxy) is 1. The third-order valence-corrected chi connectivity index (χ3v) is 4.61. The summed E-state index contributed by atoms with van der Waals surface area (Å²) in [7, 11) is 1.57. The van der Waals surface area contributed by atoms with E-state index >= 15 is 0 Å². The maximum absolute atomic E-state index is 12.4. The van der Waals surface area contributed by atoms with Crippen molar-refractivity contribution in [2.45, 2.75) is 0 Å². The first-order chi connectivity index (χ1) is 10.7. The van der Waals surface area contributed by atoms with Crippen molar-refractivity contribution in [1.82, 2.24) is 19.9 Å². The highest BCUT2D eigenvalue weighted by Crippen LogP contribution is 2.22. The maximum atomic E-state index is 12.4. The lowest BCUT2D eigenvalue weighted by Crippen LogP contribution is -2.49. The highest BCUT2D eigenvalue weighted by atomic mass is 35.5. The summed E-state index contributed by atoms with van der Waals surface area (Å²) in [5.41, 5.74) is 1.58. The van der Waals surface area contributed by atoms with Gasteiger partial charge < -0.3 is 14.5 Å². The second-order valence-corrected chi connectivity index (χ2v) is 5.86. The minimum atomic E-state index is -0.0706. The van der Waals surface area contributed by atoms with E-state index in [1.807, 2.05) is 4.90 Å². The number of halogens is 1. The second-order valence-electron chi connectivity index (χ2n) is 4.65. The number of carbonyl (C=O) groups excluding carboxylic acids is 1. The minimum absolute atomic E-state index is 0.0706. The molecule has 3 heterocycles. The first kappa shape index (κ1) is 15.0. The van der Waals surface area contributed by atoms with Crippen LogP contribution in [0.3, 0.4) is 0 Å². The Morgan fingerprint density at radius 2 is 2.09 bits per heavy atom. The molecule has 1 saturated heterocycles. The first-order valence-corrected chi connectivity index (χ1v) is 7.95. The molecule has 0 N–H and O–H groups in total. The summed E-state index contributed by atoms with van der Waals surface area (Å²) in [6.45, 7) is 2.51. The molecule has 0 bridgehead atoms. The number of anilines is 1. The lowest BCUT2D eigenvalue weighted by molar-refractivity contribution is 0.0751. The van der Waals surface area contributed by atoms with Gasteiger partial charge in [0.05, 0.1) is 12.6 Å². The molecule has 1 aliphatic rings. The van der Waals surface area contributed by atoms with E-state index in [1.165, 1.54) is 11.3 Å². The van der Waals surface area contributed by atoms with E-state index in [9.17, 15) is 4.79 Å². The predicted octanol–water partition coefficient (Wildman–Crippen LogP) is 1.56. The molecule has 0 aliphatic carbocycles. The van der Waals surface area contributed by atoms with Gasteiger partial charge >= 0.3 is 0 Å². The Morgan fingerprint density at radius 1 is 1.32 bits per heavy atom. The van der Waals surface area contributed by atoms with Gasteiger partial charge in [-0.2, -0.15) is 4.98 Å². The number of aromatic nitrogens is 3. The van der Waals surface area contributed by atoms with Crippen LogP contribution in [0.1, 0.15) is 9.67 Å². The normalized spacial score (nSPS) is 15.0. The van der Waals surface area contributed by atoms with Crippen LogP contribution in [-0.4, -0.2) is 59.0 Å². The van der Waals surface area contributed by atoms with Crippen LogP contribution in [0.5, 0.6) is 5.88 Å². The van der Waals surface area contributed by atoms with Crippen LogP contribution >= 0.6 is 22.9 Å². The van der Waals surface area contributed by atoms with Crippen molar-refractivity contribution >= 4 is 34.8 Å². The lowest BCUT2D eigenvalue weighted by Gasteiger charge is -2.34. The number of carbonyl (C=O) groups is 1. The van der Waals surface area contributed by atoms with Gasteiger partial charge in [0.25, 0.3) is 5.91 Å². The van der Waals surface area contributed by atoms with Crippen LogP contribution in [0.4, 0.5) is 5.95 Å². The number of hydrogen-bond donors (Lipinski definition) is 0. The zero-order chi connectivity index (χ0) is 15.5. The maximum Gasteiger partial charge on any atom is 0.267 e. The van der Waals surface area contributed by atoms with Gasteiger partial charge in [0, 0.05) is 38.4 Å². The summed E-state index contributed by atoms with van der Waals surface area (Å²) in [5, 5.41) is 0.272. The molecule has 9 heteroatoms. The molecule has 1 amide bonds. The Bertz CT molecular complexity index is 672. The van der Waals surface area contributed by atoms with Gasteiger partial charge in [-0.15, -0.1) is 11.3 Å². The van der Waals surface area contributed by atoms with Crippen LogP contribution < -0.4 is 9.64 Å². The van der Waals surface area contributed by atoms with Crippen molar-refractivity contribution in [2.24, 2.45) is 0 Å².